The van der Waals surface area contributed by atoms with Crippen molar-refractivity contribution >= 4 is 40.8 Å². The summed E-state index contributed by atoms with van der Waals surface area (Å²) in [5, 5.41) is 1.92. The number of anilines is 1. The number of fused-ring (bicyclic) bond motifs is 1. The van der Waals surface area contributed by atoms with Gasteiger partial charge in [0.2, 0.25) is 5.91 Å². The van der Waals surface area contributed by atoms with Crippen molar-refractivity contribution in [1.29, 1.82) is 0 Å². The van der Waals surface area contributed by atoms with Gasteiger partial charge in [-0.3, -0.25) is 9.21 Å². The normalized spacial score (nSPS) is 20.1. The summed E-state index contributed by atoms with van der Waals surface area (Å²) in [5.41, 5.74) is 6.02. The molecule has 2 N–H and O–H groups in total. The molecule has 0 bridgehead atoms. The van der Waals surface area contributed by atoms with Crippen LogP contribution >= 0.6 is 23.1 Å². The minimum absolute atomic E-state index is 0.442. The molecule has 5 heteroatoms. The van der Waals surface area contributed by atoms with Crippen LogP contribution in [0.15, 0.2) is 17.5 Å². The second kappa shape index (κ2) is 3.05. The van der Waals surface area contributed by atoms with Gasteiger partial charge in [0.25, 0.3) is 0 Å². The summed E-state index contributed by atoms with van der Waals surface area (Å²) in [6, 6.07) is 1.33. The van der Waals surface area contributed by atoms with Crippen molar-refractivity contribution in [2.24, 2.45) is 5.73 Å². The predicted octanol–water partition coefficient (Wildman–Crippen LogP) is 1.59. The van der Waals surface area contributed by atoms with Crippen molar-refractivity contribution in [3.05, 3.63) is 22.4 Å². The highest BCUT2D eigenvalue weighted by molar-refractivity contribution is 7.11. The van der Waals surface area contributed by atoms with Crippen molar-refractivity contribution in [3.63, 3.8) is 0 Å². The van der Waals surface area contributed by atoms with Crippen LogP contribution in [-0.2, 0) is 4.79 Å². The van der Waals surface area contributed by atoms with Crippen LogP contribution in [0.2, 0.25) is 0 Å². The fourth-order valence-electron chi connectivity index (χ4n) is 1.23. The smallest absolute Gasteiger partial charge is 0.245 e. The lowest BCUT2D eigenvalue weighted by molar-refractivity contribution is -0.118. The number of primary amides is 1. The van der Waals surface area contributed by atoms with E-state index in [-0.39, 0.29) is 0 Å². The summed E-state index contributed by atoms with van der Waals surface area (Å²) in [5.74, 6) is -0.442. The second-order valence-corrected chi connectivity index (χ2v) is 4.00. The summed E-state index contributed by atoms with van der Waals surface area (Å²) in [7, 11) is 0. The van der Waals surface area contributed by atoms with Gasteiger partial charge in [-0.05, 0) is 23.6 Å². The molecule has 0 aromatic carbocycles. The van der Waals surface area contributed by atoms with Crippen molar-refractivity contribution in [1.82, 2.24) is 0 Å². The number of hydrogen-bond donors (Lipinski definition) is 1. The zero-order valence-corrected chi connectivity index (χ0v) is 8.18. The number of nitrogens with zero attached hydrogens (tertiary/aromatic N) is 1. The molecule has 13 heavy (non-hydrogen) atoms. The van der Waals surface area contributed by atoms with Crippen LogP contribution in [0.3, 0.4) is 0 Å². The molecule has 1 aromatic rings. The van der Waals surface area contributed by atoms with Gasteiger partial charge in [-0.2, -0.15) is 0 Å². The Bertz CT molecular complexity index is 374. The molecule has 1 unspecified atom stereocenters. The fraction of sp³-hybridized carbons (Fsp3) is 0.125. The number of carbonyl (C=O) groups excluding carboxylic acids is 1. The molecule has 2 rings (SSSR count). The summed E-state index contributed by atoms with van der Waals surface area (Å²) < 4.78 is 1.37. The summed E-state index contributed by atoms with van der Waals surface area (Å²) in [6.45, 7) is 0. The molecule has 3 nitrogen and oxygen atoms in total. The Kier molecular flexibility index (Phi) is 2.01. The van der Waals surface area contributed by atoms with Crippen LogP contribution in [-0.4, -0.2) is 11.9 Å². The highest BCUT2D eigenvalue weighted by Crippen LogP contribution is 2.34. The van der Waals surface area contributed by atoms with Gasteiger partial charge in [-0.1, -0.05) is 0 Å². The Morgan fingerprint density at radius 2 is 2.46 bits per heavy atom. The molecule has 0 radical (unpaired) electrons. The SMILES string of the molecule is NC(=O)C1C=Cc2sccc2N1Cl. The minimum atomic E-state index is -0.538. The molecule has 0 spiro atoms. The molecule has 1 atom stereocenters. The van der Waals surface area contributed by atoms with E-state index in [4.69, 9.17) is 17.5 Å². The number of halogens is 1. The van der Waals surface area contributed by atoms with E-state index in [0.29, 0.717) is 0 Å². The quantitative estimate of drug-likeness (QED) is 0.722. The fourth-order valence-corrected chi connectivity index (χ4v) is 2.37. The zero-order chi connectivity index (χ0) is 9.42. The van der Waals surface area contributed by atoms with E-state index in [1.807, 2.05) is 17.5 Å². The molecule has 1 aromatic heterocycles. The summed E-state index contributed by atoms with van der Waals surface area (Å²) in [6.07, 6.45) is 3.57. The second-order valence-electron chi connectivity index (χ2n) is 2.69. The van der Waals surface area contributed by atoms with E-state index >= 15 is 0 Å². The average molecular weight is 215 g/mol. The van der Waals surface area contributed by atoms with Gasteiger partial charge >= 0.3 is 0 Å². The van der Waals surface area contributed by atoms with Crippen molar-refractivity contribution in [2.45, 2.75) is 6.04 Å². The lowest BCUT2D eigenvalue weighted by Gasteiger charge is -2.24. The standard InChI is InChI=1S/C8H7ClN2OS/c9-11-5-3-4-13-7(5)2-1-6(11)8(10)12/h1-4,6H,(H2,10,12). The van der Waals surface area contributed by atoms with Crippen LogP contribution in [0.4, 0.5) is 5.69 Å². The van der Waals surface area contributed by atoms with Gasteiger partial charge in [0.05, 0.1) is 10.6 Å². The van der Waals surface area contributed by atoms with Crippen LogP contribution < -0.4 is 10.2 Å². The molecule has 1 aliphatic rings. The molecule has 1 aliphatic heterocycles. The Labute approximate surface area is 84.5 Å². The lowest BCUT2D eigenvalue weighted by Crippen LogP contribution is -2.39. The van der Waals surface area contributed by atoms with E-state index in [0.717, 1.165) is 10.6 Å². The Morgan fingerprint density at radius 3 is 3.15 bits per heavy atom. The third-order valence-electron chi connectivity index (χ3n) is 1.87. The molecule has 0 saturated heterocycles. The molecule has 0 saturated carbocycles. The average Bonchev–Trinajstić information content (AvgIpc) is 2.52. The topological polar surface area (TPSA) is 46.3 Å². The number of rotatable bonds is 1. The Morgan fingerprint density at radius 1 is 1.69 bits per heavy atom. The number of hydrogen-bond acceptors (Lipinski definition) is 3. The number of carbonyl (C=O) groups is 1. The van der Waals surface area contributed by atoms with Gasteiger partial charge in [-0.25, -0.2) is 0 Å². The molecule has 1 amide bonds. The first kappa shape index (κ1) is 8.59. The molecule has 0 fully saturated rings. The Hall–Kier alpha value is -1.00. The molecule has 68 valence electrons. The van der Waals surface area contributed by atoms with Crippen LogP contribution in [0, 0.1) is 0 Å². The van der Waals surface area contributed by atoms with Crippen LogP contribution in [0.1, 0.15) is 4.88 Å². The highest BCUT2D eigenvalue weighted by atomic mass is 35.5. The van der Waals surface area contributed by atoms with Gasteiger partial charge < -0.3 is 5.73 Å². The molecular formula is C8H7ClN2OS. The van der Waals surface area contributed by atoms with E-state index < -0.39 is 11.9 Å². The summed E-state index contributed by atoms with van der Waals surface area (Å²) in [4.78, 5) is 12.0. The third-order valence-corrected chi connectivity index (χ3v) is 3.13. The number of nitrogens with two attached hydrogens (primary N) is 1. The highest BCUT2D eigenvalue weighted by Gasteiger charge is 2.25. The van der Waals surface area contributed by atoms with Crippen LogP contribution in [0.25, 0.3) is 6.08 Å². The van der Waals surface area contributed by atoms with Crippen LogP contribution in [0.5, 0.6) is 0 Å². The monoisotopic (exact) mass is 214 g/mol. The van der Waals surface area contributed by atoms with E-state index in [9.17, 15) is 4.79 Å². The minimum Gasteiger partial charge on any atom is -0.368 e. The zero-order valence-electron chi connectivity index (χ0n) is 6.61. The molecule has 2 heterocycles. The van der Waals surface area contributed by atoms with E-state index in [2.05, 4.69) is 0 Å². The van der Waals surface area contributed by atoms with Crippen molar-refractivity contribution in [2.75, 3.05) is 4.42 Å². The molecular weight excluding hydrogens is 208 g/mol. The summed E-state index contributed by atoms with van der Waals surface area (Å²) >= 11 is 7.52. The van der Waals surface area contributed by atoms with E-state index in [1.54, 1.807) is 17.4 Å². The van der Waals surface area contributed by atoms with Gasteiger partial charge in [0.1, 0.15) is 6.04 Å². The maximum absolute atomic E-state index is 10.9. The first-order chi connectivity index (χ1) is 6.20. The maximum Gasteiger partial charge on any atom is 0.245 e. The van der Waals surface area contributed by atoms with Gasteiger partial charge in [0, 0.05) is 11.8 Å². The van der Waals surface area contributed by atoms with Gasteiger partial charge in [0.15, 0.2) is 0 Å². The largest absolute Gasteiger partial charge is 0.368 e. The molecule has 0 aliphatic carbocycles. The van der Waals surface area contributed by atoms with Crippen molar-refractivity contribution in [3.8, 4) is 0 Å². The van der Waals surface area contributed by atoms with Crippen molar-refractivity contribution < 1.29 is 4.79 Å². The number of thiophene rings is 1. The van der Waals surface area contributed by atoms with Gasteiger partial charge in [-0.15, -0.1) is 11.3 Å². The Balaban J connectivity index is 2.41. The lowest BCUT2D eigenvalue weighted by atomic mass is 10.1. The van der Waals surface area contributed by atoms with E-state index in [1.165, 1.54) is 4.42 Å². The first-order valence-electron chi connectivity index (χ1n) is 3.70. The maximum atomic E-state index is 10.9. The third kappa shape index (κ3) is 1.32. The predicted molar refractivity (Wildman–Crippen MR) is 54.7 cm³/mol. The number of amides is 1. The first-order valence-corrected chi connectivity index (χ1v) is 4.92.